The molecule has 0 bridgehead atoms. The van der Waals surface area contributed by atoms with Crippen LogP contribution in [0.15, 0.2) is 29.4 Å². The number of ether oxygens (including phenoxy) is 2. The summed E-state index contributed by atoms with van der Waals surface area (Å²) in [5, 5.41) is 7.46. The maximum Gasteiger partial charge on any atom is 0.267 e. The van der Waals surface area contributed by atoms with Crippen molar-refractivity contribution in [1.29, 1.82) is 0 Å². The summed E-state index contributed by atoms with van der Waals surface area (Å²) < 4.78 is 11.1. The number of hydrogen-bond acceptors (Lipinski definition) is 6. The SMILES string of the molecule is COc1ccccc1C1=NOC(C)(C(=O)NCC2(CN3CCCCC3)CCOCC2)C1. The molecule has 1 aromatic carbocycles. The molecule has 2 fully saturated rings. The predicted octanol–water partition coefficient (Wildman–Crippen LogP) is 2.98. The van der Waals surface area contributed by atoms with Crippen molar-refractivity contribution in [2.24, 2.45) is 10.6 Å². The number of hydrogen-bond donors (Lipinski definition) is 1. The molecule has 3 aliphatic heterocycles. The molecule has 0 aliphatic carbocycles. The van der Waals surface area contributed by atoms with Crippen molar-refractivity contribution < 1.29 is 19.1 Å². The molecule has 4 rings (SSSR count). The fourth-order valence-corrected chi connectivity index (χ4v) is 4.93. The Balaban J connectivity index is 1.38. The number of methoxy groups -OCH3 is 1. The highest BCUT2D eigenvalue weighted by Gasteiger charge is 2.44. The van der Waals surface area contributed by atoms with Gasteiger partial charge in [-0.3, -0.25) is 4.79 Å². The second-order valence-corrected chi connectivity index (χ2v) is 9.37. The molecular formula is C24H35N3O4. The Morgan fingerprint density at radius 1 is 1.19 bits per heavy atom. The monoisotopic (exact) mass is 429 g/mol. The van der Waals surface area contributed by atoms with E-state index >= 15 is 0 Å². The van der Waals surface area contributed by atoms with Gasteiger partial charge in [0.15, 0.2) is 0 Å². The van der Waals surface area contributed by atoms with Crippen molar-refractivity contribution in [3.8, 4) is 5.75 Å². The standard InChI is InChI=1S/C24H35N3O4/c1-23(16-20(26-31-23)19-8-4-5-9-21(19)29-2)22(28)25-17-24(10-14-30-15-11-24)18-27-12-6-3-7-13-27/h4-5,8-9H,3,6-7,10-18H2,1-2H3,(H,25,28). The van der Waals surface area contributed by atoms with Gasteiger partial charge in [0.1, 0.15) is 5.75 Å². The van der Waals surface area contributed by atoms with Crippen molar-refractivity contribution in [2.75, 3.05) is 46.5 Å². The first-order valence-electron chi connectivity index (χ1n) is 11.5. The molecule has 31 heavy (non-hydrogen) atoms. The molecule has 3 aliphatic rings. The third-order valence-corrected chi connectivity index (χ3v) is 6.95. The van der Waals surface area contributed by atoms with E-state index in [2.05, 4.69) is 15.4 Å². The van der Waals surface area contributed by atoms with Gasteiger partial charge in [0.25, 0.3) is 5.91 Å². The van der Waals surface area contributed by atoms with Gasteiger partial charge in [0.2, 0.25) is 5.60 Å². The third-order valence-electron chi connectivity index (χ3n) is 6.95. The summed E-state index contributed by atoms with van der Waals surface area (Å²) in [6.45, 7) is 7.33. The summed E-state index contributed by atoms with van der Waals surface area (Å²) >= 11 is 0. The number of para-hydroxylation sites is 1. The first-order valence-corrected chi connectivity index (χ1v) is 11.5. The fourth-order valence-electron chi connectivity index (χ4n) is 4.93. The molecule has 0 spiro atoms. The highest BCUT2D eigenvalue weighted by atomic mass is 16.7. The average Bonchev–Trinajstić information content (AvgIpc) is 3.22. The summed E-state index contributed by atoms with van der Waals surface area (Å²) in [7, 11) is 1.64. The maximum atomic E-state index is 13.2. The van der Waals surface area contributed by atoms with Gasteiger partial charge in [-0.1, -0.05) is 23.7 Å². The minimum absolute atomic E-state index is 0.0621. The van der Waals surface area contributed by atoms with Crippen LogP contribution in [0.25, 0.3) is 0 Å². The van der Waals surface area contributed by atoms with Crippen molar-refractivity contribution >= 4 is 11.6 Å². The van der Waals surface area contributed by atoms with Crippen LogP contribution >= 0.6 is 0 Å². The number of piperidine rings is 1. The molecule has 1 unspecified atom stereocenters. The second kappa shape index (κ2) is 9.57. The zero-order chi connectivity index (χ0) is 21.7. The van der Waals surface area contributed by atoms with Gasteiger partial charge in [0.05, 0.1) is 12.8 Å². The van der Waals surface area contributed by atoms with E-state index in [1.807, 2.05) is 31.2 Å². The third kappa shape index (κ3) is 5.04. The zero-order valence-corrected chi connectivity index (χ0v) is 18.8. The van der Waals surface area contributed by atoms with Crippen molar-refractivity contribution in [3.05, 3.63) is 29.8 Å². The summed E-state index contributed by atoms with van der Waals surface area (Å²) in [6, 6.07) is 7.69. The van der Waals surface area contributed by atoms with Gasteiger partial charge in [-0.25, -0.2) is 0 Å². The smallest absolute Gasteiger partial charge is 0.267 e. The van der Waals surface area contributed by atoms with Crippen LogP contribution in [0.4, 0.5) is 0 Å². The molecule has 1 amide bonds. The number of benzene rings is 1. The Morgan fingerprint density at radius 2 is 1.94 bits per heavy atom. The first kappa shape index (κ1) is 22.1. The molecular weight excluding hydrogens is 394 g/mol. The molecule has 2 saturated heterocycles. The van der Waals surface area contributed by atoms with Crippen molar-refractivity contribution in [3.63, 3.8) is 0 Å². The fraction of sp³-hybridized carbons (Fsp3) is 0.667. The van der Waals surface area contributed by atoms with Gasteiger partial charge in [-0.2, -0.15) is 0 Å². The molecule has 7 nitrogen and oxygen atoms in total. The van der Waals surface area contributed by atoms with E-state index in [0.29, 0.717) is 13.0 Å². The lowest BCUT2D eigenvalue weighted by molar-refractivity contribution is -0.142. The lowest BCUT2D eigenvalue weighted by Gasteiger charge is -2.42. The van der Waals surface area contributed by atoms with Gasteiger partial charge < -0.3 is 24.5 Å². The van der Waals surface area contributed by atoms with E-state index in [1.54, 1.807) is 7.11 Å². The number of likely N-dealkylation sites (tertiary alicyclic amines) is 1. The number of amides is 1. The Bertz CT molecular complexity index is 800. The molecule has 0 radical (unpaired) electrons. The lowest BCUT2D eigenvalue weighted by Crippen LogP contribution is -2.53. The lowest BCUT2D eigenvalue weighted by atomic mass is 9.79. The van der Waals surface area contributed by atoms with Crippen LogP contribution in [-0.4, -0.2) is 68.6 Å². The Hall–Kier alpha value is -2.12. The van der Waals surface area contributed by atoms with Gasteiger partial charge >= 0.3 is 0 Å². The van der Waals surface area contributed by atoms with E-state index in [0.717, 1.165) is 62.7 Å². The maximum absolute atomic E-state index is 13.2. The number of rotatable bonds is 7. The number of nitrogens with zero attached hydrogens (tertiary/aromatic N) is 2. The molecule has 7 heteroatoms. The predicted molar refractivity (Wildman–Crippen MR) is 119 cm³/mol. The topological polar surface area (TPSA) is 72.4 Å². The van der Waals surface area contributed by atoms with Crippen molar-refractivity contribution in [1.82, 2.24) is 10.2 Å². The highest BCUT2D eigenvalue weighted by molar-refractivity contribution is 6.07. The molecule has 1 N–H and O–H groups in total. The van der Waals surface area contributed by atoms with Crippen molar-refractivity contribution in [2.45, 2.75) is 51.0 Å². The van der Waals surface area contributed by atoms with Gasteiger partial charge in [-0.15, -0.1) is 0 Å². The summed E-state index contributed by atoms with van der Waals surface area (Å²) in [6.07, 6.45) is 6.24. The van der Waals surface area contributed by atoms with Crippen LogP contribution in [-0.2, 0) is 14.4 Å². The summed E-state index contributed by atoms with van der Waals surface area (Å²) in [4.78, 5) is 21.4. The average molecular weight is 430 g/mol. The van der Waals surface area contributed by atoms with Crippen LogP contribution < -0.4 is 10.1 Å². The van der Waals surface area contributed by atoms with Gasteiger partial charge in [-0.05, 0) is 57.8 Å². The molecule has 170 valence electrons. The Morgan fingerprint density at radius 3 is 2.68 bits per heavy atom. The number of carbonyl (C=O) groups is 1. The van der Waals surface area contributed by atoms with Gasteiger partial charge in [0, 0.05) is 43.7 Å². The minimum Gasteiger partial charge on any atom is -0.496 e. The number of nitrogens with one attached hydrogen (secondary N) is 1. The zero-order valence-electron chi connectivity index (χ0n) is 18.8. The largest absolute Gasteiger partial charge is 0.496 e. The number of carbonyl (C=O) groups excluding carboxylic acids is 1. The first-order chi connectivity index (χ1) is 15.0. The Kier molecular flexibility index (Phi) is 6.82. The molecule has 3 heterocycles. The van der Waals surface area contributed by atoms with E-state index in [-0.39, 0.29) is 11.3 Å². The molecule has 1 aromatic rings. The summed E-state index contributed by atoms with van der Waals surface area (Å²) in [5.74, 6) is 0.628. The normalized spacial score (nSPS) is 26.1. The molecule has 0 saturated carbocycles. The van der Waals surface area contributed by atoms with E-state index in [1.165, 1.54) is 19.3 Å². The van der Waals surface area contributed by atoms with E-state index in [9.17, 15) is 4.79 Å². The van der Waals surface area contributed by atoms with Crippen LogP contribution in [0.1, 0.15) is 51.0 Å². The molecule has 0 aromatic heterocycles. The van der Waals surface area contributed by atoms with E-state index in [4.69, 9.17) is 14.3 Å². The van der Waals surface area contributed by atoms with Crippen LogP contribution in [0.5, 0.6) is 5.75 Å². The highest BCUT2D eigenvalue weighted by Crippen LogP contribution is 2.34. The Labute approximate surface area is 185 Å². The molecule has 1 atom stereocenters. The number of oxime groups is 1. The van der Waals surface area contributed by atoms with Crippen LogP contribution in [0.2, 0.25) is 0 Å². The summed E-state index contributed by atoms with van der Waals surface area (Å²) in [5.41, 5.74) is 0.664. The van der Waals surface area contributed by atoms with Crippen LogP contribution in [0, 0.1) is 5.41 Å². The van der Waals surface area contributed by atoms with E-state index < -0.39 is 5.60 Å². The van der Waals surface area contributed by atoms with Crippen LogP contribution in [0.3, 0.4) is 0 Å². The second-order valence-electron chi connectivity index (χ2n) is 9.37. The minimum atomic E-state index is -1.01. The quantitative estimate of drug-likeness (QED) is 0.722.